The standard InChI is InChI=1S/C15H17NO4/c1-9(2)10-3-5-12(6-4-10)16-13(17)7-11(15(16)20)8-14(18)19/h3-6,9,11H,7-8H2,1-2H3,(H,18,19)/t11-/m0/s1. The highest BCUT2D eigenvalue weighted by atomic mass is 16.4. The highest BCUT2D eigenvalue weighted by molar-refractivity contribution is 6.21. The molecule has 0 spiro atoms. The SMILES string of the molecule is CC(C)c1ccc(N2C(=O)C[C@@H](CC(=O)O)C2=O)cc1. The zero-order valence-electron chi connectivity index (χ0n) is 11.5. The number of aliphatic carboxylic acids is 1. The second-order valence-electron chi connectivity index (χ2n) is 5.31. The first-order valence-corrected chi connectivity index (χ1v) is 6.58. The predicted molar refractivity (Wildman–Crippen MR) is 73.4 cm³/mol. The minimum Gasteiger partial charge on any atom is -0.481 e. The fraction of sp³-hybridized carbons (Fsp3) is 0.400. The van der Waals surface area contributed by atoms with E-state index in [0.717, 1.165) is 10.5 Å². The van der Waals surface area contributed by atoms with Crippen molar-refractivity contribution >= 4 is 23.5 Å². The molecule has 1 fully saturated rings. The van der Waals surface area contributed by atoms with Gasteiger partial charge in [-0.05, 0) is 23.6 Å². The van der Waals surface area contributed by atoms with E-state index in [9.17, 15) is 14.4 Å². The van der Waals surface area contributed by atoms with Crippen molar-refractivity contribution in [3.63, 3.8) is 0 Å². The maximum atomic E-state index is 12.1. The van der Waals surface area contributed by atoms with Crippen LogP contribution in [0.4, 0.5) is 5.69 Å². The van der Waals surface area contributed by atoms with E-state index in [-0.39, 0.29) is 18.7 Å². The van der Waals surface area contributed by atoms with E-state index in [1.165, 1.54) is 0 Å². The minimum atomic E-state index is -1.06. The van der Waals surface area contributed by atoms with Gasteiger partial charge in [0.25, 0.3) is 0 Å². The molecule has 20 heavy (non-hydrogen) atoms. The number of hydrogen-bond acceptors (Lipinski definition) is 3. The molecular formula is C15H17NO4. The van der Waals surface area contributed by atoms with Crippen LogP contribution in [0.25, 0.3) is 0 Å². The molecule has 106 valence electrons. The van der Waals surface area contributed by atoms with Crippen molar-refractivity contribution in [1.29, 1.82) is 0 Å². The molecular weight excluding hydrogens is 258 g/mol. The van der Waals surface area contributed by atoms with E-state index in [1.807, 2.05) is 12.1 Å². The number of nitrogens with zero attached hydrogens (tertiary/aromatic N) is 1. The van der Waals surface area contributed by atoms with E-state index >= 15 is 0 Å². The number of carboxylic acids is 1. The van der Waals surface area contributed by atoms with Crippen LogP contribution in [0.2, 0.25) is 0 Å². The summed E-state index contributed by atoms with van der Waals surface area (Å²) >= 11 is 0. The van der Waals surface area contributed by atoms with Gasteiger partial charge in [0.2, 0.25) is 11.8 Å². The summed E-state index contributed by atoms with van der Waals surface area (Å²) in [6.07, 6.45) is -0.331. The molecule has 1 heterocycles. The van der Waals surface area contributed by atoms with Crippen molar-refractivity contribution in [3.8, 4) is 0 Å². The van der Waals surface area contributed by atoms with Crippen molar-refractivity contribution in [2.24, 2.45) is 5.92 Å². The van der Waals surface area contributed by atoms with Gasteiger partial charge in [0.15, 0.2) is 0 Å². The van der Waals surface area contributed by atoms with Gasteiger partial charge in [0.05, 0.1) is 18.0 Å². The summed E-state index contributed by atoms with van der Waals surface area (Å²) in [7, 11) is 0. The number of carboxylic acid groups (broad SMARTS) is 1. The highest BCUT2D eigenvalue weighted by Gasteiger charge is 2.40. The number of carbonyl (C=O) groups excluding carboxylic acids is 2. The second kappa shape index (κ2) is 5.45. The van der Waals surface area contributed by atoms with Gasteiger partial charge in [-0.2, -0.15) is 0 Å². The summed E-state index contributed by atoms with van der Waals surface area (Å²) in [4.78, 5) is 35.8. The maximum Gasteiger partial charge on any atom is 0.304 e. The molecule has 0 aromatic heterocycles. The molecule has 1 aliphatic heterocycles. The van der Waals surface area contributed by atoms with Gasteiger partial charge in [-0.3, -0.25) is 19.3 Å². The smallest absolute Gasteiger partial charge is 0.304 e. The first-order valence-electron chi connectivity index (χ1n) is 6.58. The Bertz CT molecular complexity index is 547. The van der Waals surface area contributed by atoms with Crippen molar-refractivity contribution in [3.05, 3.63) is 29.8 Å². The molecule has 1 aromatic rings. The number of imide groups is 1. The van der Waals surface area contributed by atoms with Gasteiger partial charge in [-0.1, -0.05) is 26.0 Å². The average molecular weight is 275 g/mol. The number of carbonyl (C=O) groups is 3. The van der Waals surface area contributed by atoms with Gasteiger partial charge in [-0.25, -0.2) is 0 Å². The molecule has 2 rings (SSSR count). The molecule has 0 saturated carbocycles. The van der Waals surface area contributed by atoms with Crippen LogP contribution in [0.1, 0.15) is 38.2 Å². The first kappa shape index (κ1) is 14.2. The topological polar surface area (TPSA) is 74.7 Å². The van der Waals surface area contributed by atoms with E-state index in [4.69, 9.17) is 5.11 Å². The fourth-order valence-electron chi connectivity index (χ4n) is 2.34. The lowest BCUT2D eigenvalue weighted by Gasteiger charge is -2.16. The number of rotatable bonds is 4. The molecule has 0 bridgehead atoms. The van der Waals surface area contributed by atoms with E-state index in [0.29, 0.717) is 11.6 Å². The third-order valence-corrected chi connectivity index (χ3v) is 3.48. The van der Waals surface area contributed by atoms with Crippen molar-refractivity contribution in [2.75, 3.05) is 4.90 Å². The van der Waals surface area contributed by atoms with E-state index in [1.54, 1.807) is 12.1 Å². The summed E-state index contributed by atoms with van der Waals surface area (Å²) in [6.45, 7) is 4.12. The van der Waals surface area contributed by atoms with Crippen LogP contribution >= 0.6 is 0 Å². The molecule has 1 aliphatic rings. The molecule has 1 aromatic carbocycles. The van der Waals surface area contributed by atoms with Crippen LogP contribution in [-0.4, -0.2) is 22.9 Å². The normalized spacial score (nSPS) is 18.9. The molecule has 0 radical (unpaired) electrons. The minimum absolute atomic E-state index is 0.0307. The largest absolute Gasteiger partial charge is 0.481 e. The molecule has 5 nitrogen and oxygen atoms in total. The quantitative estimate of drug-likeness (QED) is 0.854. The molecule has 2 amide bonds. The van der Waals surface area contributed by atoms with Gasteiger partial charge >= 0.3 is 5.97 Å². The first-order chi connectivity index (χ1) is 9.40. The zero-order valence-corrected chi connectivity index (χ0v) is 11.5. The number of hydrogen-bond donors (Lipinski definition) is 1. The molecule has 0 aliphatic carbocycles. The Kier molecular flexibility index (Phi) is 3.88. The van der Waals surface area contributed by atoms with Crippen LogP contribution in [0, 0.1) is 5.92 Å². The summed E-state index contributed by atoms with van der Waals surface area (Å²) in [5.41, 5.74) is 1.63. The summed E-state index contributed by atoms with van der Waals surface area (Å²) in [5.74, 6) is -2.19. The lowest BCUT2D eigenvalue weighted by atomic mass is 10.0. The van der Waals surface area contributed by atoms with Crippen molar-refractivity contribution in [1.82, 2.24) is 0 Å². The third kappa shape index (κ3) is 2.71. The van der Waals surface area contributed by atoms with Gasteiger partial charge in [0, 0.05) is 6.42 Å². The molecule has 1 N–H and O–H groups in total. The van der Waals surface area contributed by atoms with Crippen LogP contribution in [0.3, 0.4) is 0 Å². The van der Waals surface area contributed by atoms with Gasteiger partial charge in [0.1, 0.15) is 0 Å². The van der Waals surface area contributed by atoms with Gasteiger partial charge < -0.3 is 5.11 Å². The van der Waals surface area contributed by atoms with Gasteiger partial charge in [-0.15, -0.1) is 0 Å². The number of anilines is 1. The monoisotopic (exact) mass is 275 g/mol. The summed E-state index contributed by atoms with van der Waals surface area (Å²) < 4.78 is 0. The Morgan fingerprint density at radius 2 is 1.90 bits per heavy atom. The van der Waals surface area contributed by atoms with Crippen LogP contribution in [0.15, 0.2) is 24.3 Å². The molecule has 1 saturated heterocycles. The fourth-order valence-corrected chi connectivity index (χ4v) is 2.34. The Labute approximate surface area is 117 Å². The Hall–Kier alpha value is -2.17. The number of benzene rings is 1. The highest BCUT2D eigenvalue weighted by Crippen LogP contribution is 2.29. The Balaban J connectivity index is 2.22. The second-order valence-corrected chi connectivity index (χ2v) is 5.31. The Morgan fingerprint density at radius 3 is 2.40 bits per heavy atom. The summed E-state index contributed by atoms with van der Waals surface area (Å²) in [6, 6.07) is 7.22. The van der Waals surface area contributed by atoms with Crippen molar-refractivity contribution in [2.45, 2.75) is 32.6 Å². The van der Waals surface area contributed by atoms with E-state index < -0.39 is 17.8 Å². The lowest BCUT2D eigenvalue weighted by molar-refractivity contribution is -0.140. The maximum absolute atomic E-state index is 12.1. The molecule has 1 atom stereocenters. The summed E-state index contributed by atoms with van der Waals surface area (Å²) in [5, 5.41) is 8.75. The predicted octanol–water partition coefficient (Wildman–Crippen LogP) is 2.16. The number of amides is 2. The average Bonchev–Trinajstić information content (AvgIpc) is 2.64. The van der Waals surface area contributed by atoms with Crippen molar-refractivity contribution < 1.29 is 19.5 Å². The third-order valence-electron chi connectivity index (χ3n) is 3.48. The van der Waals surface area contributed by atoms with Crippen LogP contribution in [0.5, 0.6) is 0 Å². The molecule has 0 unspecified atom stereocenters. The Morgan fingerprint density at radius 1 is 1.30 bits per heavy atom. The van der Waals surface area contributed by atoms with Crippen LogP contribution in [-0.2, 0) is 14.4 Å². The lowest BCUT2D eigenvalue weighted by Crippen LogP contribution is -2.30. The zero-order chi connectivity index (χ0) is 14.9. The molecule has 5 heteroatoms. The van der Waals surface area contributed by atoms with Crippen LogP contribution < -0.4 is 4.90 Å². The van der Waals surface area contributed by atoms with E-state index in [2.05, 4.69) is 13.8 Å².